The van der Waals surface area contributed by atoms with Gasteiger partial charge < -0.3 is 9.47 Å². The quantitative estimate of drug-likeness (QED) is 0.0433. The molecule has 6 aromatic rings. The molecule has 0 saturated carbocycles. The summed E-state index contributed by atoms with van der Waals surface area (Å²) in [4.78, 5) is 0. The van der Waals surface area contributed by atoms with Gasteiger partial charge in [-0.3, -0.25) is 0 Å². The first-order chi connectivity index (χ1) is 26.8. The summed E-state index contributed by atoms with van der Waals surface area (Å²) in [6.07, 6.45) is 26.5. The minimum atomic E-state index is 0.751. The largest absolute Gasteiger partial charge is 0.492 e. The highest BCUT2D eigenvalue weighted by atomic mass is 16.5. The molecule has 0 amide bonds. The smallest absolute Gasteiger partial charge is 0.134 e. The molecule has 0 aliphatic heterocycles. The molecule has 6 aromatic carbocycles. The average molecular weight is 723 g/mol. The zero-order valence-corrected chi connectivity index (χ0v) is 33.6. The van der Waals surface area contributed by atoms with Crippen LogP contribution in [0.5, 0.6) is 11.5 Å². The fourth-order valence-electron chi connectivity index (χ4n) is 8.55. The van der Waals surface area contributed by atoms with Crippen molar-refractivity contribution < 1.29 is 9.47 Å². The summed E-state index contributed by atoms with van der Waals surface area (Å²) < 4.78 is 13.5. The zero-order valence-electron chi connectivity index (χ0n) is 33.6. The molecule has 2 nitrogen and oxygen atoms in total. The minimum Gasteiger partial charge on any atom is -0.492 e. The molecule has 286 valence electrons. The third-order valence-corrected chi connectivity index (χ3v) is 11.5. The van der Waals surface area contributed by atoms with Gasteiger partial charge in [0.15, 0.2) is 0 Å². The molecule has 0 bridgehead atoms. The molecule has 0 unspecified atom stereocenters. The fraction of sp³-hybridized carbons (Fsp3) is 0.462. The molecule has 0 heterocycles. The topological polar surface area (TPSA) is 18.5 Å². The number of ether oxygens (including phenoxy) is 2. The molecule has 0 N–H and O–H groups in total. The Morgan fingerprint density at radius 1 is 0.278 bits per heavy atom. The number of rotatable bonds is 25. The first-order valence-electron chi connectivity index (χ1n) is 22.0. The number of unbranched alkanes of at least 4 members (excludes halogenated alkanes) is 18. The second-order valence-electron chi connectivity index (χ2n) is 15.7. The van der Waals surface area contributed by atoms with Crippen molar-refractivity contribution >= 4 is 43.1 Å². The number of benzene rings is 6. The van der Waals surface area contributed by atoms with Crippen molar-refractivity contribution in [1.29, 1.82) is 0 Å². The van der Waals surface area contributed by atoms with Gasteiger partial charge in [0, 0.05) is 21.5 Å². The summed E-state index contributed by atoms with van der Waals surface area (Å²) in [5, 5.41) is 9.71. The molecular weight excluding hydrogens is 657 g/mol. The number of fused-ring (bicyclic) bond motifs is 4. The molecule has 0 atom stereocenters. The van der Waals surface area contributed by atoms with Crippen LogP contribution in [0.25, 0.3) is 54.2 Å². The second kappa shape index (κ2) is 21.7. The minimum absolute atomic E-state index is 0.751. The van der Waals surface area contributed by atoms with Crippen molar-refractivity contribution in [2.24, 2.45) is 0 Å². The van der Waals surface area contributed by atoms with Gasteiger partial charge in [0.1, 0.15) is 11.5 Å². The first-order valence-corrected chi connectivity index (χ1v) is 22.0. The van der Waals surface area contributed by atoms with E-state index in [2.05, 4.69) is 111 Å². The van der Waals surface area contributed by atoms with Gasteiger partial charge in [-0.25, -0.2) is 0 Å². The Hall–Kier alpha value is -4.04. The standard InChI is InChI=1S/C52H66O2/c1-3-5-7-9-11-13-15-17-19-29-39-53-51-45-35-25-21-31-41(45)49(42-32-22-26-36-46(42)51)50-43-33-23-27-37-47(43)52(48-38-28-24-34-44(48)50)54-40-30-20-18-16-14-12-10-8-6-4-2/h21-28,31-38H,3-20,29-30,39-40H2,1-2H3. The summed E-state index contributed by atoms with van der Waals surface area (Å²) in [7, 11) is 0. The van der Waals surface area contributed by atoms with Gasteiger partial charge in [-0.15, -0.1) is 0 Å². The molecular formula is C52H66O2. The maximum atomic E-state index is 6.77. The van der Waals surface area contributed by atoms with Crippen LogP contribution in [-0.4, -0.2) is 13.2 Å². The van der Waals surface area contributed by atoms with Crippen LogP contribution in [0, 0.1) is 0 Å². The fourth-order valence-corrected chi connectivity index (χ4v) is 8.55. The van der Waals surface area contributed by atoms with E-state index in [1.165, 1.54) is 170 Å². The van der Waals surface area contributed by atoms with Crippen LogP contribution < -0.4 is 9.47 Å². The predicted molar refractivity (Wildman–Crippen MR) is 237 cm³/mol. The Balaban J connectivity index is 1.24. The molecule has 54 heavy (non-hydrogen) atoms. The zero-order chi connectivity index (χ0) is 37.2. The van der Waals surface area contributed by atoms with E-state index < -0.39 is 0 Å². The third-order valence-electron chi connectivity index (χ3n) is 11.5. The maximum Gasteiger partial charge on any atom is 0.134 e. The maximum absolute atomic E-state index is 6.77. The van der Waals surface area contributed by atoms with E-state index in [-0.39, 0.29) is 0 Å². The highest BCUT2D eigenvalue weighted by Crippen LogP contribution is 2.49. The lowest BCUT2D eigenvalue weighted by Gasteiger charge is -2.22. The second-order valence-corrected chi connectivity index (χ2v) is 15.7. The Morgan fingerprint density at radius 2 is 0.500 bits per heavy atom. The van der Waals surface area contributed by atoms with Crippen LogP contribution in [0.15, 0.2) is 97.1 Å². The lowest BCUT2D eigenvalue weighted by atomic mass is 9.85. The van der Waals surface area contributed by atoms with Gasteiger partial charge in [0.2, 0.25) is 0 Å². The molecule has 0 saturated heterocycles. The van der Waals surface area contributed by atoms with Crippen molar-refractivity contribution in [3.05, 3.63) is 97.1 Å². The van der Waals surface area contributed by atoms with Crippen LogP contribution >= 0.6 is 0 Å². The predicted octanol–water partition coefficient (Wildman–Crippen LogP) is 16.6. The van der Waals surface area contributed by atoms with E-state index >= 15 is 0 Å². The van der Waals surface area contributed by atoms with Gasteiger partial charge in [0.05, 0.1) is 13.2 Å². The van der Waals surface area contributed by atoms with E-state index in [0.29, 0.717) is 0 Å². The number of hydrogen-bond donors (Lipinski definition) is 0. The average Bonchev–Trinajstić information content (AvgIpc) is 3.21. The van der Waals surface area contributed by atoms with Crippen LogP contribution in [0.2, 0.25) is 0 Å². The lowest BCUT2D eigenvalue weighted by molar-refractivity contribution is 0.311. The summed E-state index contributed by atoms with van der Waals surface area (Å²) >= 11 is 0. The SMILES string of the molecule is CCCCCCCCCCCCOc1c2ccccc2c(-c2c3ccccc3c(OCCCCCCCCCCCC)c3ccccc23)c2ccccc12. The molecule has 2 heteroatoms. The summed E-state index contributed by atoms with van der Waals surface area (Å²) in [5.41, 5.74) is 2.56. The van der Waals surface area contributed by atoms with Gasteiger partial charge in [0.25, 0.3) is 0 Å². The van der Waals surface area contributed by atoms with E-state index in [9.17, 15) is 0 Å². The highest BCUT2D eigenvalue weighted by Gasteiger charge is 2.22. The molecule has 0 fully saturated rings. The Bertz CT molecular complexity index is 1760. The van der Waals surface area contributed by atoms with E-state index in [1.54, 1.807) is 0 Å². The molecule has 0 aromatic heterocycles. The summed E-state index contributed by atoms with van der Waals surface area (Å²) in [6, 6.07) is 35.6. The van der Waals surface area contributed by atoms with Crippen LogP contribution in [0.4, 0.5) is 0 Å². The summed E-state index contributed by atoms with van der Waals surface area (Å²) in [6.45, 7) is 6.08. The van der Waals surface area contributed by atoms with Crippen LogP contribution in [0.1, 0.15) is 142 Å². The molecule has 0 aliphatic rings. The highest BCUT2D eigenvalue weighted by molar-refractivity contribution is 6.26. The van der Waals surface area contributed by atoms with Crippen molar-refractivity contribution in [3.8, 4) is 22.6 Å². The van der Waals surface area contributed by atoms with Crippen molar-refractivity contribution in [2.75, 3.05) is 13.2 Å². The van der Waals surface area contributed by atoms with Crippen molar-refractivity contribution in [1.82, 2.24) is 0 Å². The van der Waals surface area contributed by atoms with E-state index in [1.807, 2.05) is 0 Å². The Labute approximate surface area is 326 Å². The van der Waals surface area contributed by atoms with Gasteiger partial charge in [-0.1, -0.05) is 226 Å². The molecule has 0 spiro atoms. The molecule has 0 aliphatic carbocycles. The van der Waals surface area contributed by atoms with E-state index in [0.717, 1.165) is 37.6 Å². The van der Waals surface area contributed by atoms with Crippen LogP contribution in [0.3, 0.4) is 0 Å². The number of hydrogen-bond acceptors (Lipinski definition) is 2. The molecule has 0 radical (unpaired) electrons. The first kappa shape index (κ1) is 39.6. The normalized spacial score (nSPS) is 11.7. The van der Waals surface area contributed by atoms with Gasteiger partial charge in [-0.05, 0) is 45.5 Å². The van der Waals surface area contributed by atoms with Crippen molar-refractivity contribution in [3.63, 3.8) is 0 Å². The third kappa shape index (κ3) is 10.2. The van der Waals surface area contributed by atoms with Crippen molar-refractivity contribution in [2.45, 2.75) is 142 Å². The van der Waals surface area contributed by atoms with Gasteiger partial charge >= 0.3 is 0 Å². The lowest BCUT2D eigenvalue weighted by Crippen LogP contribution is -2.01. The van der Waals surface area contributed by atoms with E-state index in [4.69, 9.17) is 9.47 Å². The molecule has 6 rings (SSSR count). The monoisotopic (exact) mass is 723 g/mol. The van der Waals surface area contributed by atoms with Crippen LogP contribution in [-0.2, 0) is 0 Å². The Kier molecular flexibility index (Phi) is 16.0. The summed E-state index contributed by atoms with van der Waals surface area (Å²) in [5.74, 6) is 2.04. The Morgan fingerprint density at radius 3 is 0.759 bits per heavy atom. The van der Waals surface area contributed by atoms with Gasteiger partial charge in [-0.2, -0.15) is 0 Å².